The Balaban J connectivity index is 1.48. The van der Waals surface area contributed by atoms with Crippen LogP contribution >= 0.6 is 23.2 Å². The van der Waals surface area contributed by atoms with E-state index in [0.29, 0.717) is 41.1 Å². The Bertz CT molecular complexity index is 1170. The van der Waals surface area contributed by atoms with Crippen LogP contribution < -0.4 is 10.6 Å². The SMILES string of the molecule is N#Cc1cccc(-c2ccc(C(CNC(=O)Nc3cc(Cl)cc(Cl)c3)N3CCOCC3)cc2)c1. The van der Waals surface area contributed by atoms with E-state index in [1.807, 2.05) is 30.3 Å². The number of anilines is 1. The van der Waals surface area contributed by atoms with Crippen molar-refractivity contribution in [2.75, 3.05) is 38.2 Å². The van der Waals surface area contributed by atoms with E-state index in [9.17, 15) is 10.1 Å². The lowest BCUT2D eigenvalue weighted by Crippen LogP contribution is -2.44. The number of ether oxygens (including phenoxy) is 1. The van der Waals surface area contributed by atoms with Crippen LogP contribution in [0.1, 0.15) is 17.2 Å². The fraction of sp³-hybridized carbons (Fsp3) is 0.231. The Hall–Kier alpha value is -3.08. The quantitative estimate of drug-likeness (QED) is 0.458. The number of rotatable bonds is 6. The summed E-state index contributed by atoms with van der Waals surface area (Å²) >= 11 is 12.1. The molecule has 0 radical (unpaired) electrons. The third-order valence-electron chi connectivity index (χ3n) is 5.68. The van der Waals surface area contributed by atoms with E-state index in [4.69, 9.17) is 27.9 Å². The average Bonchev–Trinajstić information content (AvgIpc) is 2.84. The first-order valence-corrected chi connectivity index (χ1v) is 11.7. The van der Waals surface area contributed by atoms with Gasteiger partial charge in [0.15, 0.2) is 0 Å². The van der Waals surface area contributed by atoms with Gasteiger partial charge < -0.3 is 15.4 Å². The van der Waals surface area contributed by atoms with Gasteiger partial charge in [-0.25, -0.2) is 4.79 Å². The number of benzene rings is 3. The van der Waals surface area contributed by atoms with Crippen molar-refractivity contribution in [1.82, 2.24) is 10.2 Å². The molecule has 1 atom stereocenters. The lowest BCUT2D eigenvalue weighted by atomic mass is 9.98. The van der Waals surface area contributed by atoms with E-state index >= 15 is 0 Å². The summed E-state index contributed by atoms with van der Waals surface area (Å²) < 4.78 is 5.52. The molecule has 1 heterocycles. The molecule has 8 heteroatoms. The number of nitrogens with one attached hydrogen (secondary N) is 2. The van der Waals surface area contributed by atoms with Gasteiger partial charge >= 0.3 is 6.03 Å². The highest BCUT2D eigenvalue weighted by atomic mass is 35.5. The van der Waals surface area contributed by atoms with Crippen LogP contribution in [-0.2, 0) is 4.74 Å². The van der Waals surface area contributed by atoms with Crippen LogP contribution in [0.3, 0.4) is 0 Å². The van der Waals surface area contributed by atoms with E-state index in [0.717, 1.165) is 29.8 Å². The van der Waals surface area contributed by atoms with E-state index in [2.05, 4.69) is 33.7 Å². The van der Waals surface area contributed by atoms with Gasteiger partial charge in [-0.15, -0.1) is 0 Å². The van der Waals surface area contributed by atoms with Gasteiger partial charge in [0.1, 0.15) is 0 Å². The molecule has 34 heavy (non-hydrogen) atoms. The van der Waals surface area contributed by atoms with Crippen molar-refractivity contribution < 1.29 is 9.53 Å². The van der Waals surface area contributed by atoms with Gasteiger partial charge in [-0.2, -0.15) is 5.26 Å². The number of hydrogen-bond donors (Lipinski definition) is 2. The summed E-state index contributed by atoms with van der Waals surface area (Å²) in [4.78, 5) is 14.9. The Morgan fingerprint density at radius 2 is 1.71 bits per heavy atom. The van der Waals surface area contributed by atoms with Crippen molar-refractivity contribution in [3.8, 4) is 17.2 Å². The molecule has 4 rings (SSSR count). The molecular formula is C26H24Cl2N4O2. The number of hydrogen-bond acceptors (Lipinski definition) is 4. The van der Waals surface area contributed by atoms with Gasteiger partial charge in [0, 0.05) is 35.4 Å². The lowest BCUT2D eigenvalue weighted by molar-refractivity contribution is 0.0168. The molecule has 1 aliphatic heterocycles. The molecule has 0 aromatic heterocycles. The predicted molar refractivity (Wildman–Crippen MR) is 135 cm³/mol. The molecule has 0 spiro atoms. The highest BCUT2D eigenvalue weighted by molar-refractivity contribution is 6.35. The minimum atomic E-state index is -0.332. The molecule has 6 nitrogen and oxygen atoms in total. The summed E-state index contributed by atoms with van der Waals surface area (Å²) in [7, 11) is 0. The standard InChI is InChI=1S/C26H24Cl2N4O2/c27-22-13-23(28)15-24(14-22)31-26(33)30-17-25(32-8-10-34-11-9-32)20-6-4-19(5-7-20)21-3-1-2-18(12-21)16-29/h1-7,12-15,25H,8-11,17H2,(H2,30,31,33). The van der Waals surface area contributed by atoms with Crippen LogP contribution in [0, 0.1) is 11.3 Å². The summed E-state index contributed by atoms with van der Waals surface area (Å²) in [6.07, 6.45) is 0. The number of nitriles is 1. The van der Waals surface area contributed by atoms with Crippen LogP contribution in [0.5, 0.6) is 0 Å². The summed E-state index contributed by atoms with van der Waals surface area (Å²) in [6.45, 7) is 3.29. The molecule has 3 aromatic carbocycles. The summed E-state index contributed by atoms with van der Waals surface area (Å²) in [6, 6.07) is 22.5. The van der Waals surface area contributed by atoms with Crippen LogP contribution in [0.2, 0.25) is 10.0 Å². The lowest BCUT2D eigenvalue weighted by Gasteiger charge is -2.35. The Morgan fingerprint density at radius 3 is 2.38 bits per heavy atom. The van der Waals surface area contributed by atoms with Crippen LogP contribution in [-0.4, -0.2) is 43.8 Å². The number of carbonyl (C=O) groups excluding carboxylic acids is 1. The van der Waals surface area contributed by atoms with Gasteiger partial charge in [-0.3, -0.25) is 4.90 Å². The largest absolute Gasteiger partial charge is 0.379 e. The topological polar surface area (TPSA) is 77.4 Å². The maximum atomic E-state index is 12.6. The van der Waals surface area contributed by atoms with E-state index in [1.54, 1.807) is 24.3 Å². The molecule has 1 fully saturated rings. The average molecular weight is 495 g/mol. The van der Waals surface area contributed by atoms with Crippen molar-refractivity contribution in [3.05, 3.63) is 87.9 Å². The second-order valence-corrected chi connectivity index (χ2v) is 8.84. The maximum Gasteiger partial charge on any atom is 0.319 e. The zero-order valence-electron chi connectivity index (χ0n) is 18.4. The molecule has 174 valence electrons. The summed E-state index contributed by atoms with van der Waals surface area (Å²) in [5, 5.41) is 15.8. The maximum absolute atomic E-state index is 12.6. The predicted octanol–water partition coefficient (Wildman–Crippen LogP) is 5.73. The third-order valence-corrected chi connectivity index (χ3v) is 6.12. The van der Waals surface area contributed by atoms with Gasteiger partial charge in [0.25, 0.3) is 0 Å². The normalized spacial score (nSPS) is 14.7. The summed E-state index contributed by atoms with van der Waals surface area (Å²) in [5.41, 5.74) is 4.27. The molecular weight excluding hydrogens is 471 g/mol. The number of morpholine rings is 1. The molecule has 0 bridgehead atoms. The van der Waals surface area contributed by atoms with Crippen LogP contribution in [0.25, 0.3) is 11.1 Å². The Labute approximate surface area is 209 Å². The van der Waals surface area contributed by atoms with Crippen molar-refractivity contribution in [3.63, 3.8) is 0 Å². The molecule has 0 aliphatic carbocycles. The minimum absolute atomic E-state index is 0.0166. The van der Waals surface area contributed by atoms with Crippen LogP contribution in [0.15, 0.2) is 66.7 Å². The van der Waals surface area contributed by atoms with Gasteiger partial charge in [-0.1, -0.05) is 59.6 Å². The van der Waals surface area contributed by atoms with E-state index < -0.39 is 0 Å². The number of carbonyl (C=O) groups is 1. The highest BCUT2D eigenvalue weighted by Gasteiger charge is 2.23. The van der Waals surface area contributed by atoms with E-state index in [-0.39, 0.29) is 12.1 Å². The molecule has 1 saturated heterocycles. The second kappa shape index (κ2) is 11.4. The van der Waals surface area contributed by atoms with Crippen molar-refractivity contribution in [2.45, 2.75) is 6.04 Å². The van der Waals surface area contributed by atoms with Crippen molar-refractivity contribution >= 4 is 34.9 Å². The second-order valence-electron chi connectivity index (χ2n) is 7.97. The third kappa shape index (κ3) is 6.28. The molecule has 1 aliphatic rings. The number of nitrogens with zero attached hydrogens (tertiary/aromatic N) is 2. The first kappa shape index (κ1) is 24.1. The van der Waals surface area contributed by atoms with Gasteiger partial charge in [0.05, 0.1) is 30.9 Å². The number of urea groups is 1. The zero-order chi connectivity index (χ0) is 23.9. The summed E-state index contributed by atoms with van der Waals surface area (Å²) in [5.74, 6) is 0. The minimum Gasteiger partial charge on any atom is -0.379 e. The van der Waals surface area contributed by atoms with Crippen molar-refractivity contribution in [1.29, 1.82) is 5.26 Å². The van der Waals surface area contributed by atoms with Gasteiger partial charge in [0.2, 0.25) is 0 Å². The fourth-order valence-corrected chi connectivity index (χ4v) is 4.53. The molecule has 2 amide bonds. The highest BCUT2D eigenvalue weighted by Crippen LogP contribution is 2.26. The first-order chi connectivity index (χ1) is 16.5. The Morgan fingerprint density at radius 1 is 1.00 bits per heavy atom. The molecule has 1 unspecified atom stereocenters. The van der Waals surface area contributed by atoms with Gasteiger partial charge in [-0.05, 0) is 47.0 Å². The molecule has 0 saturated carbocycles. The molecule has 3 aromatic rings. The molecule has 2 N–H and O–H groups in total. The fourth-order valence-electron chi connectivity index (χ4n) is 4.00. The number of halogens is 2. The van der Waals surface area contributed by atoms with Crippen LogP contribution in [0.4, 0.5) is 10.5 Å². The smallest absolute Gasteiger partial charge is 0.319 e. The van der Waals surface area contributed by atoms with E-state index in [1.165, 1.54) is 0 Å². The zero-order valence-corrected chi connectivity index (χ0v) is 19.9. The monoisotopic (exact) mass is 494 g/mol. The first-order valence-electron chi connectivity index (χ1n) is 10.9. The Kier molecular flexibility index (Phi) is 8.04. The number of amides is 2. The van der Waals surface area contributed by atoms with Crippen molar-refractivity contribution in [2.24, 2.45) is 0 Å².